The number of piperidine rings is 1. The lowest BCUT2D eigenvalue weighted by atomic mass is 10.0. The summed E-state index contributed by atoms with van der Waals surface area (Å²) in [4.78, 5) is 14.8. The van der Waals surface area contributed by atoms with Gasteiger partial charge in [-0.2, -0.15) is 11.3 Å². The van der Waals surface area contributed by atoms with Crippen LogP contribution in [0.2, 0.25) is 0 Å². The first-order chi connectivity index (χ1) is 10.8. The number of carbonyl (C=O) groups is 1. The van der Waals surface area contributed by atoms with Crippen LogP contribution >= 0.6 is 11.3 Å². The van der Waals surface area contributed by atoms with Gasteiger partial charge in [0.15, 0.2) is 5.82 Å². The highest BCUT2D eigenvalue weighted by Gasteiger charge is 2.33. The van der Waals surface area contributed by atoms with Gasteiger partial charge in [-0.25, -0.2) is 0 Å². The van der Waals surface area contributed by atoms with Crippen LogP contribution in [0.3, 0.4) is 0 Å². The Morgan fingerprint density at radius 3 is 3.00 bits per heavy atom. The average Bonchev–Trinajstić information content (AvgIpc) is 3.03. The molecule has 1 saturated heterocycles. The number of nitrogens with zero attached hydrogens (tertiary/aromatic N) is 4. The molecule has 1 aliphatic heterocycles. The number of amides is 1. The van der Waals surface area contributed by atoms with Gasteiger partial charge in [0.1, 0.15) is 6.33 Å². The molecule has 4 rings (SSSR count). The summed E-state index contributed by atoms with van der Waals surface area (Å²) in [7, 11) is 0. The third-order valence-electron chi connectivity index (χ3n) is 4.63. The number of thiophene rings is 1. The van der Waals surface area contributed by atoms with Crippen LogP contribution in [0.25, 0.3) is 0 Å². The van der Waals surface area contributed by atoms with Crippen molar-refractivity contribution in [3.05, 3.63) is 34.5 Å². The van der Waals surface area contributed by atoms with Gasteiger partial charge >= 0.3 is 0 Å². The normalized spacial score (nSPS) is 22.0. The second-order valence-electron chi connectivity index (χ2n) is 6.31. The molecule has 2 aliphatic rings. The molecule has 6 heteroatoms. The molecule has 1 saturated carbocycles. The standard InChI is InChI=1S/C16H20N4OS/c21-16(13-6-8-22-10-13)20-7-2-1-3-14(20)15-18-17-11-19(15)9-12-4-5-12/h6,8,10-12,14H,1-5,7,9H2/t14-/m0/s1. The van der Waals surface area contributed by atoms with E-state index >= 15 is 0 Å². The maximum Gasteiger partial charge on any atom is 0.255 e. The van der Waals surface area contributed by atoms with Crippen LogP contribution < -0.4 is 0 Å². The molecule has 22 heavy (non-hydrogen) atoms. The number of carbonyl (C=O) groups excluding carboxylic acids is 1. The summed E-state index contributed by atoms with van der Waals surface area (Å²) in [6, 6.07) is 1.98. The monoisotopic (exact) mass is 316 g/mol. The molecule has 116 valence electrons. The minimum absolute atomic E-state index is 0.0717. The highest BCUT2D eigenvalue weighted by molar-refractivity contribution is 7.08. The van der Waals surface area contributed by atoms with E-state index in [0.717, 1.165) is 49.7 Å². The molecule has 0 N–H and O–H groups in total. The van der Waals surface area contributed by atoms with Crippen molar-refractivity contribution < 1.29 is 4.79 Å². The maximum atomic E-state index is 12.8. The van der Waals surface area contributed by atoms with Crippen molar-refractivity contribution in [3.8, 4) is 0 Å². The molecule has 1 amide bonds. The van der Waals surface area contributed by atoms with Crippen molar-refractivity contribution in [2.75, 3.05) is 6.54 Å². The Morgan fingerprint density at radius 1 is 1.32 bits per heavy atom. The van der Waals surface area contributed by atoms with Gasteiger partial charge in [0, 0.05) is 18.5 Å². The first kappa shape index (κ1) is 13.9. The molecule has 0 unspecified atom stereocenters. The van der Waals surface area contributed by atoms with E-state index in [2.05, 4.69) is 14.8 Å². The van der Waals surface area contributed by atoms with Gasteiger partial charge in [-0.15, -0.1) is 10.2 Å². The fraction of sp³-hybridized carbons (Fsp3) is 0.562. The average molecular weight is 316 g/mol. The van der Waals surface area contributed by atoms with E-state index in [4.69, 9.17) is 0 Å². The van der Waals surface area contributed by atoms with Gasteiger partial charge in [-0.3, -0.25) is 4.79 Å². The van der Waals surface area contributed by atoms with Crippen molar-refractivity contribution in [2.45, 2.75) is 44.7 Å². The molecule has 2 aromatic heterocycles. The second-order valence-corrected chi connectivity index (χ2v) is 7.09. The van der Waals surface area contributed by atoms with Crippen LogP contribution in [0.4, 0.5) is 0 Å². The number of hydrogen-bond acceptors (Lipinski definition) is 4. The van der Waals surface area contributed by atoms with Crippen molar-refractivity contribution in [2.24, 2.45) is 5.92 Å². The zero-order valence-electron chi connectivity index (χ0n) is 12.5. The molecule has 1 atom stereocenters. The van der Waals surface area contributed by atoms with E-state index in [1.165, 1.54) is 12.8 Å². The minimum atomic E-state index is 0.0717. The van der Waals surface area contributed by atoms with Crippen molar-refractivity contribution in [1.82, 2.24) is 19.7 Å². The van der Waals surface area contributed by atoms with E-state index in [0.29, 0.717) is 0 Å². The van der Waals surface area contributed by atoms with E-state index < -0.39 is 0 Å². The predicted octanol–water partition coefficient (Wildman–Crippen LogP) is 3.12. The topological polar surface area (TPSA) is 51.0 Å². The Hall–Kier alpha value is -1.69. The van der Waals surface area contributed by atoms with Gasteiger partial charge in [0.25, 0.3) is 5.91 Å². The van der Waals surface area contributed by atoms with E-state index in [1.54, 1.807) is 11.3 Å². The zero-order chi connectivity index (χ0) is 14.9. The van der Waals surface area contributed by atoms with E-state index in [-0.39, 0.29) is 11.9 Å². The Morgan fingerprint density at radius 2 is 2.23 bits per heavy atom. The summed E-state index contributed by atoms with van der Waals surface area (Å²) in [5.74, 6) is 1.88. The molecule has 1 aliphatic carbocycles. The second kappa shape index (κ2) is 5.83. The number of aromatic nitrogens is 3. The fourth-order valence-electron chi connectivity index (χ4n) is 3.24. The summed E-state index contributed by atoms with van der Waals surface area (Å²) >= 11 is 1.57. The van der Waals surface area contributed by atoms with Crippen LogP contribution in [0.5, 0.6) is 0 Å². The molecule has 2 aromatic rings. The summed E-state index contributed by atoms with van der Waals surface area (Å²) in [6.45, 7) is 1.81. The number of rotatable bonds is 4. The lowest BCUT2D eigenvalue weighted by Gasteiger charge is -2.35. The zero-order valence-corrected chi connectivity index (χ0v) is 13.3. The highest BCUT2D eigenvalue weighted by Crippen LogP contribution is 2.34. The molecule has 0 aromatic carbocycles. The first-order valence-corrected chi connectivity index (χ1v) is 8.98. The van der Waals surface area contributed by atoms with Gasteiger partial charge < -0.3 is 9.47 Å². The summed E-state index contributed by atoms with van der Waals surface area (Å²) < 4.78 is 2.17. The van der Waals surface area contributed by atoms with Gasteiger partial charge in [0.05, 0.1) is 11.6 Å². The third-order valence-corrected chi connectivity index (χ3v) is 5.31. The molecular formula is C16H20N4OS. The highest BCUT2D eigenvalue weighted by atomic mass is 32.1. The molecule has 2 fully saturated rings. The Kier molecular flexibility index (Phi) is 3.70. The lowest BCUT2D eigenvalue weighted by molar-refractivity contribution is 0.0594. The summed E-state index contributed by atoms with van der Waals surface area (Å²) in [5.41, 5.74) is 0.796. The van der Waals surface area contributed by atoms with Crippen molar-refractivity contribution in [1.29, 1.82) is 0 Å². The fourth-order valence-corrected chi connectivity index (χ4v) is 3.87. The van der Waals surface area contributed by atoms with Crippen LogP contribution in [0.15, 0.2) is 23.2 Å². The largest absolute Gasteiger partial charge is 0.328 e. The molecule has 5 nitrogen and oxygen atoms in total. The summed E-state index contributed by atoms with van der Waals surface area (Å²) in [6.07, 6.45) is 7.64. The quantitative estimate of drug-likeness (QED) is 0.871. The number of hydrogen-bond donors (Lipinski definition) is 0. The Labute approximate surface area is 134 Å². The first-order valence-electron chi connectivity index (χ1n) is 8.04. The Balaban J connectivity index is 1.60. The summed E-state index contributed by atoms with van der Waals surface area (Å²) in [5, 5.41) is 12.4. The van der Waals surface area contributed by atoms with Crippen LogP contribution in [-0.2, 0) is 6.54 Å². The van der Waals surface area contributed by atoms with Gasteiger partial charge in [-0.1, -0.05) is 0 Å². The molecule has 0 bridgehead atoms. The molecule has 3 heterocycles. The third kappa shape index (κ3) is 2.67. The van der Waals surface area contributed by atoms with Crippen LogP contribution in [0, 0.1) is 5.92 Å². The molecule has 0 spiro atoms. The van der Waals surface area contributed by atoms with E-state index in [1.807, 2.05) is 28.1 Å². The minimum Gasteiger partial charge on any atom is -0.328 e. The Bertz CT molecular complexity index is 647. The van der Waals surface area contributed by atoms with Gasteiger partial charge in [0.2, 0.25) is 0 Å². The van der Waals surface area contributed by atoms with Crippen molar-refractivity contribution >= 4 is 17.2 Å². The SMILES string of the molecule is O=C(c1ccsc1)N1CCCC[C@H]1c1nncn1CC1CC1. The maximum absolute atomic E-state index is 12.8. The number of likely N-dealkylation sites (tertiary alicyclic amines) is 1. The van der Waals surface area contributed by atoms with Gasteiger partial charge in [-0.05, 0) is 49.5 Å². The smallest absolute Gasteiger partial charge is 0.255 e. The predicted molar refractivity (Wildman–Crippen MR) is 84.7 cm³/mol. The molecular weight excluding hydrogens is 296 g/mol. The van der Waals surface area contributed by atoms with Crippen molar-refractivity contribution in [3.63, 3.8) is 0 Å². The molecule has 0 radical (unpaired) electrons. The lowest BCUT2D eigenvalue weighted by Crippen LogP contribution is -2.39. The van der Waals surface area contributed by atoms with Crippen LogP contribution in [-0.4, -0.2) is 32.1 Å². The van der Waals surface area contributed by atoms with E-state index in [9.17, 15) is 4.79 Å². The van der Waals surface area contributed by atoms with Crippen LogP contribution in [0.1, 0.15) is 54.3 Å².